The second kappa shape index (κ2) is 7.37. The largest absolute Gasteiger partial charge is 0.502 e. The van der Waals surface area contributed by atoms with Crippen LogP contribution in [0.3, 0.4) is 0 Å². The maximum absolute atomic E-state index is 13.2. The van der Waals surface area contributed by atoms with Gasteiger partial charge in [-0.2, -0.15) is 22.5 Å². The molecular formula is C19H20F3N4O5S+. The van der Waals surface area contributed by atoms with E-state index in [0.717, 1.165) is 18.2 Å². The molecule has 1 aromatic heterocycles. The van der Waals surface area contributed by atoms with Gasteiger partial charge in [-0.1, -0.05) is 11.2 Å². The minimum absolute atomic E-state index is 0.0963. The number of rotatable bonds is 6. The van der Waals surface area contributed by atoms with E-state index in [-0.39, 0.29) is 17.0 Å². The van der Waals surface area contributed by atoms with E-state index in [9.17, 15) is 31.2 Å². The number of carbonyl (C=O) groups excluding carboxylic acids is 2. The Hall–Kier alpha value is -2.80. The van der Waals surface area contributed by atoms with Gasteiger partial charge in [-0.3, -0.25) is 0 Å². The molecule has 1 unspecified atom stereocenters. The molecule has 2 heterocycles. The van der Waals surface area contributed by atoms with Crippen molar-refractivity contribution >= 4 is 27.7 Å². The van der Waals surface area contributed by atoms with Gasteiger partial charge in [-0.15, -0.1) is 4.90 Å². The standard InChI is InChI=1S/C19H20F3N4O5S/c1-11-7-12(31-23-11)9-25-16(27)14-8-13(32(29,30)24-18(2)5-6-18)3-4-15(14)26(17(25)28)10-19(20,21)22/h3-4,7-8,13,24H,5-6,9-10H2,1-2H3/q+1. The number of sulfonamides is 1. The number of urea groups is 1. The van der Waals surface area contributed by atoms with Gasteiger partial charge in [-0.25, -0.2) is 17.9 Å². The number of nitrogens with zero attached hydrogens (tertiary/aromatic N) is 3. The number of alkyl halides is 3. The van der Waals surface area contributed by atoms with Crippen molar-refractivity contribution in [3.63, 3.8) is 0 Å². The van der Waals surface area contributed by atoms with Crippen molar-refractivity contribution in [3.8, 4) is 0 Å². The van der Waals surface area contributed by atoms with Crippen LogP contribution in [0.25, 0.3) is 0 Å². The molecule has 4 rings (SSSR count). The van der Waals surface area contributed by atoms with Crippen LogP contribution in [0.15, 0.2) is 34.4 Å². The van der Waals surface area contributed by atoms with Crippen LogP contribution in [0.5, 0.6) is 0 Å². The Morgan fingerprint density at radius 1 is 1.34 bits per heavy atom. The number of allylic oxidation sites excluding steroid dienone is 1. The first-order chi connectivity index (χ1) is 14.8. The maximum Gasteiger partial charge on any atom is 0.502 e. The molecule has 1 aliphatic heterocycles. The highest BCUT2D eigenvalue weighted by atomic mass is 32.2. The first kappa shape index (κ1) is 22.4. The van der Waals surface area contributed by atoms with Crippen LogP contribution in [-0.4, -0.2) is 64.2 Å². The lowest BCUT2D eigenvalue weighted by Crippen LogP contribution is -2.53. The zero-order chi connectivity index (χ0) is 23.5. The van der Waals surface area contributed by atoms with Crippen molar-refractivity contribution in [2.75, 3.05) is 6.54 Å². The van der Waals surface area contributed by atoms with Gasteiger partial charge in [0, 0.05) is 11.6 Å². The molecule has 2 aliphatic carbocycles. The number of hydrogen-bond acceptors (Lipinski definition) is 6. The van der Waals surface area contributed by atoms with Crippen molar-refractivity contribution in [3.05, 3.63) is 41.3 Å². The van der Waals surface area contributed by atoms with Crippen LogP contribution >= 0.6 is 0 Å². The summed E-state index contributed by atoms with van der Waals surface area (Å²) in [5.74, 6) is -0.821. The molecule has 0 radical (unpaired) electrons. The molecule has 1 aromatic rings. The number of fused-ring (bicyclic) bond motifs is 1. The summed E-state index contributed by atoms with van der Waals surface area (Å²) in [5, 5.41) is 2.36. The molecule has 1 fully saturated rings. The Kier molecular flexibility index (Phi) is 5.16. The number of carbonyl (C=O) groups is 2. The summed E-state index contributed by atoms with van der Waals surface area (Å²) in [4.78, 5) is 26.5. The number of amides is 3. The predicted octanol–water partition coefficient (Wildman–Crippen LogP) is 1.80. The van der Waals surface area contributed by atoms with Crippen molar-refractivity contribution < 1.29 is 40.3 Å². The fourth-order valence-corrected chi connectivity index (χ4v) is 5.12. The lowest BCUT2D eigenvalue weighted by atomic mass is 9.99. The van der Waals surface area contributed by atoms with Gasteiger partial charge in [0.1, 0.15) is 16.5 Å². The molecule has 0 spiro atoms. The molecule has 9 nitrogen and oxygen atoms in total. The molecule has 3 amide bonds. The van der Waals surface area contributed by atoms with Crippen molar-refractivity contribution in [2.24, 2.45) is 0 Å². The monoisotopic (exact) mass is 473 g/mol. The van der Waals surface area contributed by atoms with Gasteiger partial charge in [0.15, 0.2) is 18.8 Å². The highest BCUT2D eigenvalue weighted by Crippen LogP contribution is 2.36. The summed E-state index contributed by atoms with van der Waals surface area (Å²) in [5.41, 5.74) is -0.711. The number of imide groups is 1. The highest BCUT2D eigenvalue weighted by molar-refractivity contribution is 7.90. The molecule has 1 atom stereocenters. The average molecular weight is 473 g/mol. The lowest BCUT2D eigenvalue weighted by Gasteiger charge is -2.26. The molecule has 0 aromatic carbocycles. The fourth-order valence-electron chi connectivity index (χ4n) is 3.49. The van der Waals surface area contributed by atoms with Crippen molar-refractivity contribution in [1.82, 2.24) is 14.8 Å². The first-order valence-electron chi connectivity index (χ1n) is 9.70. The van der Waals surface area contributed by atoms with Crippen LogP contribution in [0, 0.1) is 6.92 Å². The van der Waals surface area contributed by atoms with Crippen LogP contribution in [0.2, 0.25) is 0 Å². The maximum atomic E-state index is 13.2. The van der Waals surface area contributed by atoms with Gasteiger partial charge in [0.05, 0.1) is 5.69 Å². The summed E-state index contributed by atoms with van der Waals surface area (Å²) in [7, 11) is -3.94. The molecule has 3 aliphatic rings. The Morgan fingerprint density at radius 3 is 2.59 bits per heavy atom. The molecule has 32 heavy (non-hydrogen) atoms. The zero-order valence-corrected chi connectivity index (χ0v) is 18.0. The molecule has 1 N–H and O–H groups in total. The van der Waals surface area contributed by atoms with Gasteiger partial charge in [-0.05, 0) is 38.8 Å². The van der Waals surface area contributed by atoms with E-state index in [1.807, 2.05) is 0 Å². The molecule has 1 saturated carbocycles. The molecular weight excluding hydrogens is 453 g/mol. The predicted molar refractivity (Wildman–Crippen MR) is 104 cm³/mol. The van der Waals surface area contributed by atoms with E-state index in [1.54, 1.807) is 13.8 Å². The normalized spacial score (nSPS) is 22.8. The van der Waals surface area contributed by atoms with Crippen LogP contribution in [0.4, 0.5) is 18.0 Å². The Morgan fingerprint density at radius 2 is 2.03 bits per heavy atom. The van der Waals surface area contributed by atoms with Crippen LogP contribution < -0.4 is 4.72 Å². The summed E-state index contributed by atoms with van der Waals surface area (Å²) in [6, 6.07) is 0.249. The number of aromatic nitrogens is 1. The number of aryl methyl sites for hydroxylation is 1. The third-order valence-electron chi connectivity index (χ3n) is 5.35. The van der Waals surface area contributed by atoms with E-state index in [1.165, 1.54) is 6.07 Å². The third-order valence-corrected chi connectivity index (χ3v) is 7.14. The van der Waals surface area contributed by atoms with E-state index >= 15 is 0 Å². The van der Waals surface area contributed by atoms with Crippen LogP contribution in [-0.2, 0) is 21.4 Å². The summed E-state index contributed by atoms with van der Waals surface area (Å²) < 4.78 is 73.0. The van der Waals surface area contributed by atoms with Gasteiger partial charge < -0.3 is 4.52 Å². The SMILES string of the molecule is Cc1cc(CN2C(=O)C3=CC(S(=O)(=O)NC4(C)CC4)C=CC3=[N+](CC(F)(F)F)C2=O)on1. The molecule has 0 saturated heterocycles. The summed E-state index contributed by atoms with van der Waals surface area (Å²) >= 11 is 0. The van der Waals surface area contributed by atoms with E-state index < -0.39 is 52.0 Å². The van der Waals surface area contributed by atoms with Crippen LogP contribution in [0.1, 0.15) is 31.2 Å². The Bertz CT molecular complexity index is 1190. The quantitative estimate of drug-likeness (QED) is 0.631. The third kappa shape index (κ3) is 4.39. The second-order valence-corrected chi connectivity index (χ2v) is 10.1. The zero-order valence-electron chi connectivity index (χ0n) is 17.1. The number of hydrogen-bond donors (Lipinski definition) is 1. The van der Waals surface area contributed by atoms with Crippen molar-refractivity contribution in [2.45, 2.75) is 50.2 Å². The van der Waals surface area contributed by atoms with E-state index in [4.69, 9.17) is 4.52 Å². The lowest BCUT2D eigenvalue weighted by molar-refractivity contribution is -0.478. The minimum atomic E-state index is -4.75. The second-order valence-electron chi connectivity index (χ2n) is 8.31. The first-order valence-corrected chi connectivity index (χ1v) is 11.3. The molecule has 172 valence electrons. The molecule has 13 heteroatoms. The highest BCUT2D eigenvalue weighted by Gasteiger charge is 2.50. The molecule has 0 bridgehead atoms. The van der Waals surface area contributed by atoms with Gasteiger partial charge in [0.2, 0.25) is 10.0 Å². The minimum Gasteiger partial charge on any atom is -0.357 e. The van der Waals surface area contributed by atoms with E-state index in [2.05, 4.69) is 9.88 Å². The van der Waals surface area contributed by atoms with Gasteiger partial charge in [0.25, 0.3) is 0 Å². The topological polar surface area (TPSA) is 113 Å². The Balaban J connectivity index is 1.74. The fraction of sp³-hybridized carbons (Fsp3) is 0.474. The van der Waals surface area contributed by atoms with Gasteiger partial charge >= 0.3 is 18.1 Å². The number of halogens is 3. The van der Waals surface area contributed by atoms with Crippen molar-refractivity contribution in [1.29, 1.82) is 0 Å². The Labute approximate surface area is 181 Å². The smallest absolute Gasteiger partial charge is 0.357 e. The average Bonchev–Trinajstić information content (AvgIpc) is 3.25. The summed E-state index contributed by atoms with van der Waals surface area (Å²) in [6.07, 6.45) is -0.123. The number of nitrogens with one attached hydrogen (secondary N) is 1. The van der Waals surface area contributed by atoms with E-state index in [0.29, 0.717) is 28.0 Å². The summed E-state index contributed by atoms with van der Waals surface area (Å²) in [6.45, 7) is 1.25.